The van der Waals surface area contributed by atoms with Crippen LogP contribution in [0.3, 0.4) is 0 Å². The van der Waals surface area contributed by atoms with Crippen molar-refractivity contribution in [3.05, 3.63) is 46.4 Å². The summed E-state index contributed by atoms with van der Waals surface area (Å²) in [5.74, 6) is 0. The van der Waals surface area contributed by atoms with Crippen molar-refractivity contribution in [3.63, 3.8) is 0 Å². The molecule has 3 nitrogen and oxygen atoms in total. The van der Waals surface area contributed by atoms with Crippen LogP contribution < -0.4 is 5.32 Å². The van der Waals surface area contributed by atoms with Gasteiger partial charge in [-0.3, -0.25) is 0 Å². The maximum Gasteiger partial charge on any atom is 0.142 e. The summed E-state index contributed by atoms with van der Waals surface area (Å²) in [7, 11) is 0. The Morgan fingerprint density at radius 1 is 1.53 bits per heavy atom. The maximum absolute atomic E-state index is 8.80. The number of nitrogens with zero attached hydrogens (tertiary/aromatic N) is 2. The molecule has 0 saturated carbocycles. The quantitative estimate of drug-likeness (QED) is 0.892. The van der Waals surface area contributed by atoms with E-state index in [9.17, 15) is 0 Å². The number of thiophene rings is 1. The van der Waals surface area contributed by atoms with E-state index in [4.69, 9.17) is 5.26 Å². The summed E-state index contributed by atoms with van der Waals surface area (Å²) in [4.78, 5) is 5.26. The van der Waals surface area contributed by atoms with E-state index in [0.717, 1.165) is 12.1 Å². The molecule has 4 heteroatoms. The third-order valence-corrected chi connectivity index (χ3v) is 3.50. The van der Waals surface area contributed by atoms with Gasteiger partial charge in [0, 0.05) is 16.8 Å². The molecule has 0 amide bonds. The fourth-order valence-electron chi connectivity index (χ4n) is 1.65. The molecule has 1 N–H and O–H groups in total. The Morgan fingerprint density at radius 2 is 2.41 bits per heavy atom. The van der Waals surface area contributed by atoms with E-state index in [1.165, 1.54) is 4.88 Å². The third kappa shape index (κ3) is 2.83. The minimum atomic E-state index is 0.295. The highest BCUT2D eigenvalue weighted by atomic mass is 32.1. The van der Waals surface area contributed by atoms with E-state index in [-0.39, 0.29) is 0 Å². The van der Waals surface area contributed by atoms with Crippen LogP contribution in [-0.4, -0.2) is 4.98 Å². The van der Waals surface area contributed by atoms with Crippen LogP contribution >= 0.6 is 11.3 Å². The van der Waals surface area contributed by atoms with Crippen LogP contribution in [0, 0.1) is 11.3 Å². The van der Waals surface area contributed by atoms with E-state index >= 15 is 0 Å². The van der Waals surface area contributed by atoms with Gasteiger partial charge in [-0.25, -0.2) is 4.98 Å². The molecule has 0 aromatic carbocycles. The van der Waals surface area contributed by atoms with Crippen LogP contribution in [-0.2, 0) is 0 Å². The van der Waals surface area contributed by atoms with Crippen molar-refractivity contribution in [1.29, 1.82) is 5.26 Å². The van der Waals surface area contributed by atoms with Crippen molar-refractivity contribution in [3.8, 4) is 6.07 Å². The normalized spacial score (nSPS) is 11.8. The highest BCUT2D eigenvalue weighted by molar-refractivity contribution is 7.10. The van der Waals surface area contributed by atoms with Crippen LogP contribution in [0.1, 0.15) is 30.0 Å². The highest BCUT2D eigenvalue weighted by Crippen LogP contribution is 2.26. The molecule has 2 rings (SSSR count). The van der Waals surface area contributed by atoms with Crippen LogP contribution in [0.5, 0.6) is 0 Å². The van der Waals surface area contributed by atoms with Crippen LogP contribution in [0.15, 0.2) is 35.8 Å². The standard InChI is InChI=1S/C13H13N3S/c1-2-12(13-4-3-7-17-13)16-10-5-6-15-11(8-10)9-14/h3-8,12H,2H2,1H3,(H,15,16). The molecule has 1 atom stereocenters. The number of nitrogens with one attached hydrogen (secondary N) is 1. The van der Waals surface area contributed by atoms with E-state index in [1.807, 2.05) is 12.1 Å². The number of rotatable bonds is 4. The lowest BCUT2D eigenvalue weighted by Gasteiger charge is -2.16. The zero-order valence-electron chi connectivity index (χ0n) is 9.55. The molecule has 2 heterocycles. The molecule has 2 aromatic heterocycles. The molecule has 17 heavy (non-hydrogen) atoms. The number of hydrogen-bond donors (Lipinski definition) is 1. The molecule has 0 aliphatic heterocycles. The lowest BCUT2D eigenvalue weighted by molar-refractivity contribution is 0.763. The number of pyridine rings is 1. The van der Waals surface area contributed by atoms with Crippen molar-refractivity contribution >= 4 is 17.0 Å². The predicted octanol–water partition coefficient (Wildman–Crippen LogP) is 3.58. The SMILES string of the molecule is CCC(Nc1ccnc(C#N)c1)c1cccs1. The van der Waals surface area contributed by atoms with Crippen LogP contribution in [0.2, 0.25) is 0 Å². The second-order valence-corrected chi connectivity index (χ2v) is 4.64. The van der Waals surface area contributed by atoms with Gasteiger partial charge in [-0.15, -0.1) is 11.3 Å². The molecule has 0 radical (unpaired) electrons. The monoisotopic (exact) mass is 243 g/mol. The van der Waals surface area contributed by atoms with E-state index in [1.54, 1.807) is 23.6 Å². The molecular weight excluding hydrogens is 230 g/mol. The zero-order chi connectivity index (χ0) is 12.1. The summed E-state index contributed by atoms with van der Waals surface area (Å²) in [6, 6.07) is 10.2. The predicted molar refractivity (Wildman–Crippen MR) is 69.9 cm³/mol. The number of hydrogen-bond acceptors (Lipinski definition) is 4. The second kappa shape index (κ2) is 5.46. The molecule has 0 bridgehead atoms. The number of anilines is 1. The molecule has 86 valence electrons. The van der Waals surface area contributed by atoms with Crippen molar-refractivity contribution in [2.45, 2.75) is 19.4 Å². The Bertz CT molecular complexity index is 514. The molecular formula is C13H13N3S. The Kier molecular flexibility index (Phi) is 3.73. The first-order valence-electron chi connectivity index (χ1n) is 5.49. The first-order valence-corrected chi connectivity index (χ1v) is 6.37. The van der Waals surface area contributed by atoms with Gasteiger partial charge in [-0.1, -0.05) is 13.0 Å². The van der Waals surface area contributed by atoms with Crippen molar-refractivity contribution in [1.82, 2.24) is 4.98 Å². The topological polar surface area (TPSA) is 48.7 Å². The van der Waals surface area contributed by atoms with Gasteiger partial charge >= 0.3 is 0 Å². The fourth-order valence-corrected chi connectivity index (χ4v) is 2.51. The smallest absolute Gasteiger partial charge is 0.142 e. The van der Waals surface area contributed by atoms with E-state index in [0.29, 0.717) is 11.7 Å². The number of nitriles is 1. The second-order valence-electron chi connectivity index (χ2n) is 3.66. The first-order chi connectivity index (χ1) is 8.33. The van der Waals surface area contributed by atoms with Gasteiger partial charge in [-0.2, -0.15) is 5.26 Å². The summed E-state index contributed by atoms with van der Waals surface area (Å²) in [5, 5.41) is 14.3. The first kappa shape index (κ1) is 11.6. The Morgan fingerprint density at radius 3 is 3.06 bits per heavy atom. The van der Waals surface area contributed by atoms with Crippen molar-refractivity contribution in [2.75, 3.05) is 5.32 Å². The summed E-state index contributed by atoms with van der Waals surface area (Å²) in [6.45, 7) is 2.14. The van der Waals surface area contributed by atoms with Gasteiger partial charge in [0.15, 0.2) is 0 Å². The van der Waals surface area contributed by atoms with Crippen molar-refractivity contribution in [2.24, 2.45) is 0 Å². The van der Waals surface area contributed by atoms with Crippen LogP contribution in [0.4, 0.5) is 5.69 Å². The molecule has 0 aliphatic carbocycles. The Labute approximate surface area is 105 Å². The largest absolute Gasteiger partial charge is 0.377 e. The zero-order valence-corrected chi connectivity index (χ0v) is 10.4. The lowest BCUT2D eigenvalue weighted by Crippen LogP contribution is -2.08. The lowest BCUT2D eigenvalue weighted by atomic mass is 10.2. The van der Waals surface area contributed by atoms with Gasteiger partial charge in [0.25, 0.3) is 0 Å². The minimum absolute atomic E-state index is 0.295. The summed E-state index contributed by atoms with van der Waals surface area (Å²) in [6.07, 6.45) is 2.66. The average molecular weight is 243 g/mol. The van der Waals surface area contributed by atoms with Gasteiger partial charge in [0.1, 0.15) is 11.8 Å². The molecule has 0 fully saturated rings. The fraction of sp³-hybridized carbons (Fsp3) is 0.231. The van der Waals surface area contributed by atoms with Crippen LogP contribution in [0.25, 0.3) is 0 Å². The van der Waals surface area contributed by atoms with Gasteiger partial charge in [0.05, 0.1) is 6.04 Å². The van der Waals surface area contributed by atoms with E-state index in [2.05, 4.69) is 34.7 Å². The van der Waals surface area contributed by atoms with E-state index < -0.39 is 0 Å². The maximum atomic E-state index is 8.80. The number of aromatic nitrogens is 1. The molecule has 2 aromatic rings. The minimum Gasteiger partial charge on any atom is -0.377 e. The third-order valence-electron chi connectivity index (χ3n) is 2.51. The summed E-state index contributed by atoms with van der Waals surface area (Å²) >= 11 is 1.74. The highest BCUT2D eigenvalue weighted by Gasteiger charge is 2.10. The Balaban J connectivity index is 2.16. The molecule has 0 spiro atoms. The summed E-state index contributed by atoms with van der Waals surface area (Å²) in [5.41, 5.74) is 1.38. The van der Waals surface area contributed by atoms with Gasteiger partial charge in [0.2, 0.25) is 0 Å². The molecule has 1 unspecified atom stereocenters. The van der Waals surface area contributed by atoms with Crippen molar-refractivity contribution < 1.29 is 0 Å². The molecule has 0 saturated heterocycles. The molecule has 0 aliphatic rings. The summed E-state index contributed by atoms with van der Waals surface area (Å²) < 4.78 is 0. The van der Waals surface area contributed by atoms with Gasteiger partial charge in [-0.05, 0) is 30.0 Å². The Hall–Kier alpha value is -1.86. The average Bonchev–Trinajstić information content (AvgIpc) is 2.90. The van der Waals surface area contributed by atoms with Gasteiger partial charge < -0.3 is 5.32 Å².